The zero-order chi connectivity index (χ0) is 24.3. The van der Waals surface area contributed by atoms with Crippen LogP contribution in [0.2, 0.25) is 0 Å². The molecule has 0 bridgehead atoms. The number of nitrogens with zero attached hydrogens (tertiary/aromatic N) is 1. The molecule has 2 heterocycles. The van der Waals surface area contributed by atoms with Crippen LogP contribution < -0.4 is 5.73 Å². The first-order chi connectivity index (χ1) is 15.3. The highest BCUT2D eigenvalue weighted by atomic mass is 32.2. The van der Waals surface area contributed by atoms with Crippen molar-refractivity contribution in [2.24, 2.45) is 5.73 Å². The molecular formula is C21H20F6N2O3S. The van der Waals surface area contributed by atoms with E-state index < -0.39 is 63.3 Å². The molecule has 5 nitrogen and oxygen atoms in total. The SMILES string of the molecule is CS(=O)(=O)c1ccc2c(c1)CN([C@@H]1C[C@H](N)[C@@H](c3cc(F)c(F)cc3F)O[C@@H]1C(F)(F)F)C2. The van der Waals surface area contributed by atoms with Crippen molar-refractivity contribution in [2.75, 3.05) is 6.26 Å². The fourth-order valence-electron chi connectivity index (χ4n) is 4.43. The van der Waals surface area contributed by atoms with Crippen molar-refractivity contribution in [3.8, 4) is 0 Å². The average Bonchev–Trinajstić information content (AvgIpc) is 3.12. The maximum atomic E-state index is 14.2. The Morgan fingerprint density at radius 3 is 2.27 bits per heavy atom. The Morgan fingerprint density at radius 2 is 1.64 bits per heavy atom. The van der Waals surface area contributed by atoms with Gasteiger partial charge in [-0.25, -0.2) is 21.6 Å². The van der Waals surface area contributed by atoms with E-state index in [-0.39, 0.29) is 30.5 Å². The van der Waals surface area contributed by atoms with Crippen LogP contribution in [0.1, 0.15) is 29.2 Å². The van der Waals surface area contributed by atoms with Crippen molar-refractivity contribution in [1.29, 1.82) is 0 Å². The minimum absolute atomic E-state index is 0.0379. The summed E-state index contributed by atoms with van der Waals surface area (Å²) in [4.78, 5) is 1.54. The number of hydrogen-bond donors (Lipinski definition) is 1. The lowest BCUT2D eigenvalue weighted by Gasteiger charge is -2.44. The second-order valence-electron chi connectivity index (χ2n) is 8.38. The molecule has 4 rings (SSSR count). The summed E-state index contributed by atoms with van der Waals surface area (Å²) in [5.74, 6) is -4.16. The molecule has 4 atom stereocenters. The van der Waals surface area contributed by atoms with Crippen molar-refractivity contribution in [3.05, 3.63) is 64.5 Å². The van der Waals surface area contributed by atoms with Gasteiger partial charge >= 0.3 is 6.18 Å². The topological polar surface area (TPSA) is 72.6 Å². The Labute approximate surface area is 186 Å². The Bertz CT molecular complexity index is 1190. The van der Waals surface area contributed by atoms with E-state index >= 15 is 0 Å². The second-order valence-corrected chi connectivity index (χ2v) is 10.4. The normalized spacial score (nSPS) is 26.4. The van der Waals surface area contributed by atoms with Crippen molar-refractivity contribution < 1.29 is 39.5 Å². The summed E-state index contributed by atoms with van der Waals surface area (Å²) in [6, 6.07) is 2.69. The number of nitrogens with two attached hydrogens (primary N) is 1. The molecule has 0 radical (unpaired) electrons. The van der Waals surface area contributed by atoms with Crippen LogP contribution in [0.4, 0.5) is 26.3 Å². The molecule has 2 aliphatic rings. The maximum absolute atomic E-state index is 14.2. The molecular weight excluding hydrogens is 474 g/mol. The lowest BCUT2D eigenvalue weighted by molar-refractivity contribution is -0.269. The largest absolute Gasteiger partial charge is 0.416 e. The van der Waals surface area contributed by atoms with Gasteiger partial charge < -0.3 is 10.5 Å². The molecule has 1 saturated heterocycles. The third kappa shape index (κ3) is 4.61. The number of halogens is 6. The smallest absolute Gasteiger partial charge is 0.357 e. The first-order valence-electron chi connectivity index (χ1n) is 9.94. The first-order valence-corrected chi connectivity index (χ1v) is 11.8. The maximum Gasteiger partial charge on any atom is 0.416 e. The van der Waals surface area contributed by atoms with Crippen molar-refractivity contribution in [2.45, 2.75) is 54.9 Å². The molecule has 0 aliphatic carbocycles. The molecule has 0 spiro atoms. The zero-order valence-corrected chi connectivity index (χ0v) is 18.1. The van der Waals surface area contributed by atoms with Gasteiger partial charge in [-0.15, -0.1) is 0 Å². The molecule has 2 aromatic carbocycles. The van der Waals surface area contributed by atoms with Crippen molar-refractivity contribution >= 4 is 9.84 Å². The van der Waals surface area contributed by atoms with E-state index in [0.717, 1.165) is 6.26 Å². The zero-order valence-electron chi connectivity index (χ0n) is 17.2. The summed E-state index contributed by atoms with van der Waals surface area (Å²) in [5, 5.41) is 0. The summed E-state index contributed by atoms with van der Waals surface area (Å²) in [6.07, 6.45) is -8.10. The monoisotopic (exact) mass is 494 g/mol. The molecule has 2 aliphatic heterocycles. The van der Waals surface area contributed by atoms with Gasteiger partial charge in [-0.1, -0.05) is 6.07 Å². The summed E-state index contributed by atoms with van der Waals surface area (Å²) in [5.41, 5.74) is 6.69. The number of benzene rings is 2. The molecule has 2 aromatic rings. The quantitative estimate of drug-likeness (QED) is 0.522. The molecule has 180 valence electrons. The van der Waals surface area contributed by atoms with E-state index in [0.29, 0.717) is 17.2 Å². The van der Waals surface area contributed by atoms with Crippen LogP contribution in [0.25, 0.3) is 0 Å². The van der Waals surface area contributed by atoms with Crippen LogP contribution in [-0.2, 0) is 27.7 Å². The Morgan fingerprint density at radius 1 is 1.00 bits per heavy atom. The number of rotatable bonds is 3. The molecule has 0 saturated carbocycles. The molecule has 0 aromatic heterocycles. The highest BCUT2D eigenvalue weighted by Gasteiger charge is 2.54. The molecule has 33 heavy (non-hydrogen) atoms. The van der Waals surface area contributed by atoms with E-state index in [1.165, 1.54) is 17.0 Å². The van der Waals surface area contributed by atoms with Crippen LogP contribution in [0.15, 0.2) is 35.2 Å². The molecule has 2 N–H and O–H groups in total. The minimum atomic E-state index is -4.86. The van der Waals surface area contributed by atoms with Crippen LogP contribution in [-0.4, -0.2) is 43.9 Å². The van der Waals surface area contributed by atoms with E-state index in [4.69, 9.17) is 10.5 Å². The third-order valence-electron chi connectivity index (χ3n) is 6.04. The van der Waals surface area contributed by atoms with Crippen molar-refractivity contribution in [1.82, 2.24) is 4.90 Å². The van der Waals surface area contributed by atoms with Gasteiger partial charge in [0.15, 0.2) is 27.6 Å². The number of ether oxygens (including phenoxy) is 1. The Hall–Kier alpha value is -2.15. The van der Waals surface area contributed by atoms with Gasteiger partial charge in [0.2, 0.25) is 0 Å². The molecule has 0 unspecified atom stereocenters. The van der Waals surface area contributed by atoms with Gasteiger partial charge in [0, 0.05) is 43.1 Å². The van der Waals surface area contributed by atoms with E-state index in [2.05, 4.69) is 0 Å². The van der Waals surface area contributed by atoms with Gasteiger partial charge in [-0.2, -0.15) is 13.2 Å². The van der Waals surface area contributed by atoms with Crippen molar-refractivity contribution in [3.63, 3.8) is 0 Å². The lowest BCUT2D eigenvalue weighted by Crippen LogP contribution is -2.58. The number of hydrogen-bond acceptors (Lipinski definition) is 5. The summed E-state index contributed by atoms with van der Waals surface area (Å²) >= 11 is 0. The number of fused-ring (bicyclic) bond motifs is 1. The standard InChI is InChI=1S/C21H20F6N2O3S/c1-33(30,31)12-3-2-10-8-29(9-11(10)4-12)18-7-17(28)19(32-20(18)21(25,26)27)13-5-15(23)16(24)6-14(13)22/h2-6,17-20H,7-9,28H2,1H3/t17-,18+,19+,20-/m0/s1. The Kier molecular flexibility index (Phi) is 6.00. The molecule has 0 amide bonds. The summed E-state index contributed by atoms with van der Waals surface area (Å²) in [6.45, 7) is 0.146. The average molecular weight is 494 g/mol. The van der Waals surface area contributed by atoms with Crippen LogP contribution >= 0.6 is 0 Å². The molecule has 12 heteroatoms. The first kappa shape index (κ1) is 24.0. The van der Waals surface area contributed by atoms with Gasteiger partial charge in [0.25, 0.3) is 0 Å². The minimum Gasteiger partial charge on any atom is -0.357 e. The third-order valence-corrected chi connectivity index (χ3v) is 7.15. The van der Waals surface area contributed by atoms with Crippen LogP contribution in [0.3, 0.4) is 0 Å². The highest BCUT2D eigenvalue weighted by molar-refractivity contribution is 7.90. The van der Waals surface area contributed by atoms with Gasteiger partial charge in [0.1, 0.15) is 11.9 Å². The van der Waals surface area contributed by atoms with E-state index in [1.807, 2.05) is 0 Å². The Balaban J connectivity index is 1.63. The number of sulfone groups is 1. The van der Waals surface area contributed by atoms with Crippen LogP contribution in [0, 0.1) is 17.5 Å². The van der Waals surface area contributed by atoms with Gasteiger partial charge in [-0.05, 0) is 35.7 Å². The fraction of sp³-hybridized carbons (Fsp3) is 0.429. The summed E-state index contributed by atoms with van der Waals surface area (Å²) < 4.78 is 112. The second kappa shape index (κ2) is 8.26. The predicted octanol–water partition coefficient (Wildman–Crippen LogP) is 3.61. The van der Waals surface area contributed by atoms with E-state index in [1.54, 1.807) is 6.07 Å². The lowest BCUT2D eigenvalue weighted by atomic mass is 9.89. The number of alkyl halides is 3. The molecule has 1 fully saturated rings. The van der Waals surface area contributed by atoms with Crippen LogP contribution in [0.5, 0.6) is 0 Å². The van der Waals surface area contributed by atoms with E-state index in [9.17, 15) is 34.8 Å². The summed E-state index contributed by atoms with van der Waals surface area (Å²) in [7, 11) is -3.49. The van der Waals surface area contributed by atoms with Gasteiger partial charge in [-0.3, -0.25) is 4.90 Å². The highest BCUT2D eigenvalue weighted by Crippen LogP contribution is 2.42. The predicted molar refractivity (Wildman–Crippen MR) is 105 cm³/mol. The van der Waals surface area contributed by atoms with Gasteiger partial charge in [0.05, 0.1) is 4.90 Å². The fourth-order valence-corrected chi connectivity index (χ4v) is 5.11.